The number of hydrogen-bond donors (Lipinski definition) is 2. The zero-order valence-electron chi connectivity index (χ0n) is 10.7. The molecule has 0 saturated carbocycles. The molecule has 19 heavy (non-hydrogen) atoms. The SMILES string of the molecule is CCNc1ncnc(Nc2cc(C)ccc2F)c1Br. The molecule has 1 heterocycles. The summed E-state index contributed by atoms with van der Waals surface area (Å²) < 4.78 is 14.4. The van der Waals surface area contributed by atoms with Crippen molar-refractivity contribution in [2.24, 2.45) is 0 Å². The molecule has 100 valence electrons. The summed E-state index contributed by atoms with van der Waals surface area (Å²) in [5, 5.41) is 6.06. The van der Waals surface area contributed by atoms with E-state index in [9.17, 15) is 4.39 Å². The smallest absolute Gasteiger partial charge is 0.150 e. The molecule has 0 aliphatic carbocycles. The van der Waals surface area contributed by atoms with Gasteiger partial charge in [0, 0.05) is 6.54 Å². The second-order valence-corrected chi connectivity index (χ2v) is 4.82. The van der Waals surface area contributed by atoms with Gasteiger partial charge in [0.25, 0.3) is 0 Å². The summed E-state index contributed by atoms with van der Waals surface area (Å²) in [5.41, 5.74) is 1.36. The van der Waals surface area contributed by atoms with E-state index in [1.165, 1.54) is 12.4 Å². The van der Waals surface area contributed by atoms with Crippen LogP contribution in [-0.4, -0.2) is 16.5 Å². The maximum Gasteiger partial charge on any atom is 0.150 e. The number of halogens is 2. The van der Waals surface area contributed by atoms with Crippen molar-refractivity contribution in [3.63, 3.8) is 0 Å². The molecule has 1 aromatic heterocycles. The van der Waals surface area contributed by atoms with Crippen molar-refractivity contribution in [1.29, 1.82) is 0 Å². The first-order valence-corrected chi connectivity index (χ1v) is 6.68. The van der Waals surface area contributed by atoms with Gasteiger partial charge in [0.15, 0.2) is 0 Å². The summed E-state index contributed by atoms with van der Waals surface area (Å²) in [4.78, 5) is 8.22. The third-order valence-corrected chi connectivity index (χ3v) is 3.26. The van der Waals surface area contributed by atoms with Gasteiger partial charge in [-0.15, -0.1) is 0 Å². The van der Waals surface area contributed by atoms with E-state index in [4.69, 9.17) is 0 Å². The van der Waals surface area contributed by atoms with Gasteiger partial charge in [-0.25, -0.2) is 14.4 Å². The van der Waals surface area contributed by atoms with E-state index in [2.05, 4.69) is 36.5 Å². The standard InChI is InChI=1S/C13H14BrFN4/c1-3-16-12-11(14)13(18-7-17-12)19-10-6-8(2)4-5-9(10)15/h4-7H,3H2,1-2H3,(H2,16,17,18,19). The molecule has 0 bridgehead atoms. The number of anilines is 3. The summed E-state index contributed by atoms with van der Waals surface area (Å²) in [6.45, 7) is 4.62. The zero-order chi connectivity index (χ0) is 13.8. The summed E-state index contributed by atoms with van der Waals surface area (Å²) in [5.74, 6) is 0.879. The molecule has 2 N–H and O–H groups in total. The lowest BCUT2D eigenvalue weighted by Gasteiger charge is -2.11. The third-order valence-electron chi connectivity index (χ3n) is 2.51. The minimum Gasteiger partial charge on any atom is -0.369 e. The van der Waals surface area contributed by atoms with Crippen LogP contribution in [0.4, 0.5) is 21.7 Å². The van der Waals surface area contributed by atoms with Gasteiger partial charge < -0.3 is 10.6 Å². The fourth-order valence-electron chi connectivity index (χ4n) is 1.61. The van der Waals surface area contributed by atoms with Crippen molar-refractivity contribution < 1.29 is 4.39 Å². The molecular formula is C13H14BrFN4. The van der Waals surface area contributed by atoms with Crippen molar-refractivity contribution >= 4 is 33.3 Å². The molecule has 2 rings (SSSR count). The topological polar surface area (TPSA) is 49.8 Å². The van der Waals surface area contributed by atoms with Crippen molar-refractivity contribution in [2.75, 3.05) is 17.2 Å². The molecule has 0 atom stereocenters. The monoisotopic (exact) mass is 324 g/mol. The van der Waals surface area contributed by atoms with E-state index >= 15 is 0 Å². The third kappa shape index (κ3) is 3.20. The number of nitrogens with zero attached hydrogens (tertiary/aromatic N) is 2. The summed E-state index contributed by atoms with van der Waals surface area (Å²) in [7, 11) is 0. The Labute approximate surface area is 119 Å². The number of hydrogen-bond acceptors (Lipinski definition) is 4. The first-order chi connectivity index (χ1) is 9.11. The molecule has 4 nitrogen and oxygen atoms in total. The Morgan fingerprint density at radius 3 is 2.74 bits per heavy atom. The van der Waals surface area contributed by atoms with Crippen LogP contribution in [0.3, 0.4) is 0 Å². The maximum atomic E-state index is 13.7. The predicted molar refractivity (Wildman–Crippen MR) is 78.3 cm³/mol. The summed E-state index contributed by atoms with van der Waals surface area (Å²) in [6.07, 6.45) is 1.43. The van der Waals surface area contributed by atoms with Crippen LogP contribution in [0.15, 0.2) is 29.0 Å². The maximum absolute atomic E-state index is 13.7. The molecule has 0 unspecified atom stereocenters. The lowest BCUT2D eigenvalue weighted by molar-refractivity contribution is 0.631. The molecule has 0 aliphatic heterocycles. The van der Waals surface area contributed by atoms with Crippen LogP contribution in [0.1, 0.15) is 12.5 Å². The highest BCUT2D eigenvalue weighted by molar-refractivity contribution is 9.10. The van der Waals surface area contributed by atoms with Crippen LogP contribution >= 0.6 is 15.9 Å². The van der Waals surface area contributed by atoms with E-state index < -0.39 is 0 Å². The van der Waals surface area contributed by atoms with Gasteiger partial charge in [0.2, 0.25) is 0 Å². The summed E-state index contributed by atoms with van der Waals surface area (Å²) >= 11 is 3.41. The number of aryl methyl sites for hydroxylation is 1. The first-order valence-electron chi connectivity index (χ1n) is 5.89. The average Bonchev–Trinajstić information content (AvgIpc) is 2.39. The van der Waals surface area contributed by atoms with Gasteiger partial charge >= 0.3 is 0 Å². The quantitative estimate of drug-likeness (QED) is 0.896. The molecule has 0 aliphatic rings. The Bertz CT molecular complexity index is 589. The molecule has 6 heteroatoms. The Hall–Kier alpha value is -1.69. The Balaban J connectivity index is 2.33. The summed E-state index contributed by atoms with van der Waals surface area (Å²) in [6, 6.07) is 4.88. The van der Waals surface area contributed by atoms with E-state index in [0.29, 0.717) is 21.8 Å². The number of benzene rings is 1. The van der Waals surface area contributed by atoms with Crippen molar-refractivity contribution in [3.8, 4) is 0 Å². The van der Waals surface area contributed by atoms with E-state index in [1.54, 1.807) is 12.1 Å². The average molecular weight is 325 g/mol. The van der Waals surface area contributed by atoms with E-state index in [0.717, 1.165) is 12.1 Å². The fourth-order valence-corrected chi connectivity index (χ4v) is 2.05. The van der Waals surface area contributed by atoms with Crippen molar-refractivity contribution in [2.45, 2.75) is 13.8 Å². The molecule has 1 aromatic carbocycles. The van der Waals surface area contributed by atoms with Crippen LogP contribution in [0, 0.1) is 12.7 Å². The van der Waals surface area contributed by atoms with Gasteiger partial charge in [0.05, 0.1) is 5.69 Å². The van der Waals surface area contributed by atoms with E-state index in [-0.39, 0.29) is 5.82 Å². The predicted octanol–water partition coefficient (Wildman–Crippen LogP) is 3.86. The largest absolute Gasteiger partial charge is 0.369 e. The Morgan fingerprint density at radius 1 is 1.26 bits per heavy atom. The molecular weight excluding hydrogens is 311 g/mol. The van der Waals surface area contributed by atoms with Crippen LogP contribution in [0.25, 0.3) is 0 Å². The lowest BCUT2D eigenvalue weighted by atomic mass is 10.2. The normalized spacial score (nSPS) is 10.3. The molecule has 0 radical (unpaired) electrons. The highest BCUT2D eigenvalue weighted by Gasteiger charge is 2.10. The Kier molecular flexibility index (Phi) is 4.31. The molecule has 0 saturated heterocycles. The van der Waals surface area contributed by atoms with Gasteiger partial charge in [-0.1, -0.05) is 6.07 Å². The minimum atomic E-state index is -0.318. The van der Waals surface area contributed by atoms with Crippen molar-refractivity contribution in [1.82, 2.24) is 9.97 Å². The second kappa shape index (κ2) is 5.97. The second-order valence-electron chi connectivity index (χ2n) is 4.02. The minimum absolute atomic E-state index is 0.318. The molecule has 0 amide bonds. The first kappa shape index (κ1) is 13.7. The van der Waals surface area contributed by atoms with Gasteiger partial charge in [-0.3, -0.25) is 0 Å². The van der Waals surface area contributed by atoms with Gasteiger partial charge in [-0.05, 0) is 47.5 Å². The number of rotatable bonds is 4. The number of aromatic nitrogens is 2. The fraction of sp³-hybridized carbons (Fsp3) is 0.231. The van der Waals surface area contributed by atoms with Crippen LogP contribution in [-0.2, 0) is 0 Å². The van der Waals surface area contributed by atoms with Gasteiger partial charge in [0.1, 0.15) is 28.3 Å². The van der Waals surface area contributed by atoms with Crippen molar-refractivity contribution in [3.05, 3.63) is 40.4 Å². The van der Waals surface area contributed by atoms with E-state index in [1.807, 2.05) is 13.8 Å². The molecule has 0 spiro atoms. The zero-order valence-corrected chi connectivity index (χ0v) is 12.3. The van der Waals surface area contributed by atoms with Crippen LogP contribution in [0.5, 0.6) is 0 Å². The highest BCUT2D eigenvalue weighted by atomic mass is 79.9. The lowest BCUT2D eigenvalue weighted by Crippen LogP contribution is -2.04. The van der Waals surface area contributed by atoms with Crippen LogP contribution < -0.4 is 10.6 Å². The van der Waals surface area contributed by atoms with Gasteiger partial charge in [-0.2, -0.15) is 0 Å². The highest BCUT2D eigenvalue weighted by Crippen LogP contribution is 2.29. The van der Waals surface area contributed by atoms with Crippen LogP contribution in [0.2, 0.25) is 0 Å². The Morgan fingerprint density at radius 2 is 2.00 bits per heavy atom. The number of nitrogens with one attached hydrogen (secondary N) is 2. The molecule has 2 aromatic rings. The molecule has 0 fully saturated rings.